The molecule has 1 aromatic rings. The molecule has 0 aliphatic heterocycles. The quantitative estimate of drug-likeness (QED) is 0.107. The summed E-state index contributed by atoms with van der Waals surface area (Å²) in [6, 6.07) is 4.53. The fourth-order valence-corrected chi connectivity index (χ4v) is 4.50. The summed E-state index contributed by atoms with van der Waals surface area (Å²) in [4.78, 5) is 66.4. The predicted molar refractivity (Wildman–Crippen MR) is 188 cm³/mol. The molecule has 0 bridgehead atoms. The maximum Gasteiger partial charge on any atom is 0.409 e. The van der Waals surface area contributed by atoms with E-state index in [1.165, 1.54) is 4.90 Å². The summed E-state index contributed by atoms with van der Waals surface area (Å²) in [5, 5.41) is 11.0. The molecule has 272 valence electrons. The molecule has 0 spiro atoms. The van der Waals surface area contributed by atoms with Gasteiger partial charge in [-0.2, -0.15) is 0 Å². The molecular weight excluding hydrogens is 616 g/mol. The van der Waals surface area contributed by atoms with Gasteiger partial charge in [0.1, 0.15) is 18.7 Å². The average molecular weight is 677 g/mol. The number of hydrogen-bond donors (Lipinski definition) is 6. The molecular formula is C34H60N8O6. The van der Waals surface area contributed by atoms with Crippen molar-refractivity contribution < 1.29 is 28.7 Å². The van der Waals surface area contributed by atoms with Crippen LogP contribution in [-0.4, -0.2) is 97.5 Å². The SMILES string of the molecule is CC(C)[C@H](NC(=O)CCCCCN)C(=O)N[C@@H](CCCCNC(N)=O)C(=O)Nc1ccc(COC(=O)N(C)CCN(C)C(C)(C)C)cc1. The number of urea groups is 1. The van der Waals surface area contributed by atoms with Gasteiger partial charge in [0.15, 0.2) is 0 Å². The molecule has 14 heteroatoms. The molecule has 1 aromatic carbocycles. The van der Waals surface area contributed by atoms with E-state index >= 15 is 0 Å². The zero-order valence-corrected chi connectivity index (χ0v) is 30.0. The fraction of sp³-hybridized carbons (Fsp3) is 0.676. The van der Waals surface area contributed by atoms with E-state index in [1.54, 1.807) is 31.3 Å². The first-order chi connectivity index (χ1) is 22.5. The number of carbonyl (C=O) groups excluding carboxylic acids is 5. The van der Waals surface area contributed by atoms with Crippen LogP contribution < -0.4 is 32.7 Å². The van der Waals surface area contributed by atoms with Crippen molar-refractivity contribution in [2.75, 3.05) is 45.6 Å². The van der Waals surface area contributed by atoms with Crippen molar-refractivity contribution in [1.82, 2.24) is 25.8 Å². The van der Waals surface area contributed by atoms with Gasteiger partial charge in [0, 0.05) is 44.3 Å². The lowest BCUT2D eigenvalue weighted by atomic mass is 10.0. The monoisotopic (exact) mass is 676 g/mol. The van der Waals surface area contributed by atoms with Gasteiger partial charge in [-0.1, -0.05) is 32.4 Å². The number of primary amides is 1. The van der Waals surface area contributed by atoms with Gasteiger partial charge in [-0.25, -0.2) is 9.59 Å². The molecule has 0 saturated carbocycles. The Labute approximate surface area is 286 Å². The number of nitrogens with two attached hydrogens (primary N) is 2. The lowest BCUT2D eigenvalue weighted by Crippen LogP contribution is -2.54. The Bertz CT molecular complexity index is 1160. The number of unbranched alkanes of at least 4 members (excludes halogenated alkanes) is 3. The molecule has 0 aromatic heterocycles. The first-order valence-corrected chi connectivity index (χ1v) is 16.9. The van der Waals surface area contributed by atoms with Crippen LogP contribution in [0.5, 0.6) is 0 Å². The maximum atomic E-state index is 13.4. The number of ether oxygens (including phenoxy) is 1. The van der Waals surface area contributed by atoms with E-state index in [-0.39, 0.29) is 30.4 Å². The van der Waals surface area contributed by atoms with Crippen molar-refractivity contribution in [3.63, 3.8) is 0 Å². The van der Waals surface area contributed by atoms with Crippen LogP contribution in [-0.2, 0) is 25.7 Å². The third-order valence-corrected chi connectivity index (χ3v) is 8.04. The Morgan fingerprint density at radius 2 is 1.54 bits per heavy atom. The second kappa shape index (κ2) is 21.9. The molecule has 2 atom stereocenters. The second-order valence-corrected chi connectivity index (χ2v) is 13.5. The third kappa shape index (κ3) is 17.3. The number of likely N-dealkylation sites (N-methyl/N-ethyl adjacent to an activating group) is 2. The van der Waals surface area contributed by atoms with Crippen LogP contribution in [0.1, 0.15) is 85.1 Å². The van der Waals surface area contributed by atoms with Crippen molar-refractivity contribution in [3.05, 3.63) is 29.8 Å². The van der Waals surface area contributed by atoms with E-state index in [2.05, 4.69) is 46.9 Å². The Morgan fingerprint density at radius 3 is 2.12 bits per heavy atom. The molecule has 48 heavy (non-hydrogen) atoms. The summed E-state index contributed by atoms with van der Waals surface area (Å²) in [6.45, 7) is 12.2. The second-order valence-electron chi connectivity index (χ2n) is 13.5. The number of nitrogens with zero attached hydrogens (tertiary/aromatic N) is 2. The Morgan fingerprint density at radius 1 is 0.875 bits per heavy atom. The Kier molecular flexibility index (Phi) is 19.2. The largest absolute Gasteiger partial charge is 0.445 e. The molecule has 0 heterocycles. The van der Waals surface area contributed by atoms with E-state index in [0.717, 1.165) is 18.4 Å². The minimum Gasteiger partial charge on any atom is -0.445 e. The van der Waals surface area contributed by atoms with E-state index in [9.17, 15) is 24.0 Å². The highest BCUT2D eigenvalue weighted by molar-refractivity contribution is 5.98. The number of anilines is 1. The highest BCUT2D eigenvalue weighted by Gasteiger charge is 2.29. The number of rotatable bonds is 21. The van der Waals surface area contributed by atoms with Crippen molar-refractivity contribution in [3.8, 4) is 0 Å². The summed E-state index contributed by atoms with van der Waals surface area (Å²) in [5.74, 6) is -1.33. The third-order valence-electron chi connectivity index (χ3n) is 8.04. The van der Waals surface area contributed by atoms with Gasteiger partial charge in [-0.15, -0.1) is 0 Å². The number of nitrogens with one attached hydrogen (secondary N) is 4. The van der Waals surface area contributed by atoms with Crippen molar-refractivity contribution in [2.24, 2.45) is 17.4 Å². The minimum absolute atomic E-state index is 0.00445. The first kappa shape index (κ1) is 42.1. The van der Waals surface area contributed by atoms with Crippen molar-refractivity contribution in [2.45, 2.75) is 104 Å². The van der Waals surface area contributed by atoms with E-state index in [1.807, 2.05) is 20.9 Å². The van der Waals surface area contributed by atoms with Gasteiger partial charge in [0.05, 0.1) is 0 Å². The molecule has 8 N–H and O–H groups in total. The van der Waals surface area contributed by atoms with Gasteiger partial charge in [0.25, 0.3) is 0 Å². The van der Waals surface area contributed by atoms with Crippen molar-refractivity contribution in [1.29, 1.82) is 0 Å². The number of amides is 6. The summed E-state index contributed by atoms with van der Waals surface area (Å²) >= 11 is 0. The summed E-state index contributed by atoms with van der Waals surface area (Å²) in [7, 11) is 3.71. The van der Waals surface area contributed by atoms with Gasteiger partial charge in [0.2, 0.25) is 17.7 Å². The van der Waals surface area contributed by atoms with Gasteiger partial charge in [-0.3, -0.25) is 19.3 Å². The highest BCUT2D eigenvalue weighted by atomic mass is 16.6. The number of hydrogen-bond acceptors (Lipinski definition) is 8. The number of benzene rings is 1. The maximum absolute atomic E-state index is 13.4. The lowest BCUT2D eigenvalue weighted by molar-refractivity contribution is -0.132. The Balaban J connectivity index is 2.83. The highest BCUT2D eigenvalue weighted by Crippen LogP contribution is 2.14. The van der Waals surface area contributed by atoms with Crippen LogP contribution in [0.25, 0.3) is 0 Å². The zero-order chi connectivity index (χ0) is 36.3. The molecule has 6 amide bonds. The lowest BCUT2D eigenvalue weighted by Gasteiger charge is -2.33. The molecule has 0 fully saturated rings. The molecule has 1 rings (SSSR count). The van der Waals surface area contributed by atoms with E-state index in [0.29, 0.717) is 57.5 Å². The topological polar surface area (TPSA) is 201 Å². The summed E-state index contributed by atoms with van der Waals surface area (Å²) in [6.07, 6.45) is 3.55. The van der Waals surface area contributed by atoms with Crippen LogP contribution in [0.3, 0.4) is 0 Å². The van der Waals surface area contributed by atoms with E-state index in [4.69, 9.17) is 16.2 Å². The van der Waals surface area contributed by atoms with Crippen LogP contribution in [0.15, 0.2) is 24.3 Å². The zero-order valence-electron chi connectivity index (χ0n) is 30.0. The summed E-state index contributed by atoms with van der Waals surface area (Å²) < 4.78 is 5.46. The smallest absolute Gasteiger partial charge is 0.409 e. The summed E-state index contributed by atoms with van der Waals surface area (Å²) in [5.41, 5.74) is 11.9. The standard InChI is InChI=1S/C34H60N8O6/c1-24(2)29(40-28(43)14-9-8-11-19-35)31(45)39-27(13-10-12-20-37-32(36)46)30(44)38-26-17-15-25(16-18-26)23-48-33(47)41(6)21-22-42(7)34(3,4)5/h15-18,24,27,29H,8-14,19-23,35H2,1-7H3,(H,38,44)(H,39,45)(H,40,43)(H3,36,37,46)/t27-,29-/m0/s1. The molecule has 0 radical (unpaired) electrons. The number of carbonyl (C=O) groups is 5. The van der Waals surface area contributed by atoms with Crippen LogP contribution in [0.4, 0.5) is 15.3 Å². The van der Waals surface area contributed by atoms with Crippen molar-refractivity contribution >= 4 is 35.5 Å². The minimum atomic E-state index is -0.901. The van der Waals surface area contributed by atoms with Gasteiger partial charge >= 0.3 is 12.1 Å². The van der Waals surface area contributed by atoms with Crippen LogP contribution >= 0.6 is 0 Å². The Hall–Kier alpha value is -3.91. The molecule has 0 aliphatic carbocycles. The van der Waals surface area contributed by atoms with Gasteiger partial charge in [-0.05, 0) is 90.1 Å². The van der Waals surface area contributed by atoms with Crippen LogP contribution in [0.2, 0.25) is 0 Å². The van der Waals surface area contributed by atoms with E-state index < -0.39 is 36.0 Å². The van der Waals surface area contributed by atoms with Crippen LogP contribution in [0, 0.1) is 5.92 Å². The molecule has 0 aliphatic rings. The van der Waals surface area contributed by atoms with Gasteiger partial charge < -0.3 is 42.4 Å². The molecule has 0 saturated heterocycles. The fourth-order valence-electron chi connectivity index (χ4n) is 4.50. The predicted octanol–water partition coefficient (Wildman–Crippen LogP) is 2.91. The molecule has 0 unspecified atom stereocenters. The first-order valence-electron chi connectivity index (χ1n) is 16.9. The normalized spacial score (nSPS) is 12.6. The average Bonchev–Trinajstić information content (AvgIpc) is 3.02. The molecule has 14 nitrogen and oxygen atoms in total.